The van der Waals surface area contributed by atoms with Crippen molar-refractivity contribution in [1.82, 2.24) is 16.0 Å². The molecule has 1 saturated carbocycles. The maximum absolute atomic E-state index is 13.5. The molecule has 0 bridgehead atoms. The van der Waals surface area contributed by atoms with Crippen molar-refractivity contribution in [3.63, 3.8) is 0 Å². The maximum atomic E-state index is 13.5. The summed E-state index contributed by atoms with van der Waals surface area (Å²) in [5, 5.41) is 9.11. The van der Waals surface area contributed by atoms with E-state index in [1.807, 2.05) is 6.07 Å². The third-order valence-electron chi connectivity index (χ3n) is 5.35. The number of guanidine groups is 1. The monoisotopic (exact) mass is 538 g/mol. The second-order valence-electron chi connectivity index (χ2n) is 7.56. The molecule has 7 nitrogen and oxygen atoms in total. The van der Waals surface area contributed by atoms with Crippen molar-refractivity contribution >= 4 is 45.7 Å². The fraction of sp³-hybridized carbons (Fsp3) is 0.579. The zero-order chi connectivity index (χ0) is 20.2. The van der Waals surface area contributed by atoms with Crippen LogP contribution in [-0.2, 0) is 20.0 Å². The highest BCUT2D eigenvalue weighted by molar-refractivity contribution is 14.0. The summed E-state index contributed by atoms with van der Waals surface area (Å²) in [5.74, 6) is 0.340. The van der Waals surface area contributed by atoms with Gasteiger partial charge in [-0.1, -0.05) is 12.1 Å². The first-order chi connectivity index (χ1) is 13.3. The van der Waals surface area contributed by atoms with Crippen LogP contribution >= 0.6 is 24.0 Å². The summed E-state index contributed by atoms with van der Waals surface area (Å²) in [6, 6.07) is 6.42. The van der Waals surface area contributed by atoms with Gasteiger partial charge in [-0.15, -0.1) is 24.0 Å². The van der Waals surface area contributed by atoms with Gasteiger partial charge in [0.1, 0.15) is 5.82 Å². The third-order valence-corrected chi connectivity index (χ3v) is 7.12. The zero-order valence-electron chi connectivity index (χ0n) is 16.4. The molecule has 3 rings (SSSR count). The predicted molar refractivity (Wildman–Crippen MR) is 122 cm³/mol. The predicted octanol–water partition coefficient (Wildman–Crippen LogP) is 1.33. The van der Waals surface area contributed by atoms with Crippen molar-refractivity contribution in [3.8, 4) is 0 Å². The topological polar surface area (TPSA) is 99.7 Å². The molecule has 10 heteroatoms. The largest absolute Gasteiger partial charge is 0.356 e. The lowest BCUT2D eigenvalue weighted by Crippen LogP contribution is -2.43. The Balaban J connectivity index is 0.00000300. The van der Waals surface area contributed by atoms with Gasteiger partial charge in [0.2, 0.25) is 5.91 Å². The number of hydrogen-bond acceptors (Lipinski definition) is 4. The van der Waals surface area contributed by atoms with Crippen LogP contribution in [0.5, 0.6) is 0 Å². The van der Waals surface area contributed by atoms with Gasteiger partial charge in [0.05, 0.1) is 11.5 Å². The number of hydrogen-bond donors (Lipinski definition) is 3. The fourth-order valence-electron chi connectivity index (χ4n) is 3.51. The number of benzene rings is 1. The van der Waals surface area contributed by atoms with Crippen LogP contribution in [0, 0.1) is 5.82 Å². The SMILES string of the molecule is CN=C(NCCC(=O)NC1CCS(=O)(=O)C1)NCC1(c2cccc(F)c2)CC1.I. The number of nitrogens with zero attached hydrogens (tertiary/aromatic N) is 1. The van der Waals surface area contributed by atoms with Crippen LogP contribution in [0.25, 0.3) is 0 Å². The van der Waals surface area contributed by atoms with Crippen molar-refractivity contribution in [2.24, 2.45) is 4.99 Å². The van der Waals surface area contributed by atoms with Crippen molar-refractivity contribution < 1.29 is 17.6 Å². The number of carbonyl (C=O) groups excluding carboxylic acids is 1. The average molecular weight is 538 g/mol. The van der Waals surface area contributed by atoms with Crippen LogP contribution in [0.1, 0.15) is 31.2 Å². The molecule has 1 heterocycles. The van der Waals surface area contributed by atoms with Crippen molar-refractivity contribution in [2.75, 3.05) is 31.6 Å². The molecule has 1 saturated heterocycles. The Bertz CT molecular complexity index is 859. The standard InChI is InChI=1S/C19H27FN4O3S.HI/c1-21-18(22-9-5-17(25)24-16-6-10-28(26,27)12-16)23-13-19(7-8-19)14-3-2-4-15(20)11-14;/h2-4,11,16H,5-10,12-13H2,1H3,(H,24,25)(H2,21,22,23);1H. The van der Waals surface area contributed by atoms with Gasteiger partial charge in [-0.3, -0.25) is 9.79 Å². The number of nitrogens with one attached hydrogen (secondary N) is 3. The van der Waals surface area contributed by atoms with E-state index in [1.54, 1.807) is 19.2 Å². The van der Waals surface area contributed by atoms with Crippen LogP contribution in [0.2, 0.25) is 0 Å². The van der Waals surface area contributed by atoms with Crippen LogP contribution in [0.15, 0.2) is 29.3 Å². The lowest BCUT2D eigenvalue weighted by Gasteiger charge is -2.19. The number of amides is 1. The van der Waals surface area contributed by atoms with E-state index in [0.717, 1.165) is 18.4 Å². The molecular formula is C19H28FIN4O3S. The molecule has 3 N–H and O–H groups in total. The van der Waals surface area contributed by atoms with E-state index in [9.17, 15) is 17.6 Å². The Morgan fingerprint density at radius 2 is 2.07 bits per heavy atom. The molecule has 2 aliphatic rings. The van der Waals surface area contributed by atoms with Crippen molar-refractivity contribution in [2.45, 2.75) is 37.1 Å². The number of rotatable bonds is 7. The van der Waals surface area contributed by atoms with Crippen LogP contribution in [-0.4, -0.2) is 58.0 Å². The molecule has 1 amide bonds. The van der Waals surface area contributed by atoms with Gasteiger partial charge in [0.25, 0.3) is 0 Å². The Labute approximate surface area is 188 Å². The van der Waals surface area contributed by atoms with E-state index < -0.39 is 9.84 Å². The molecule has 1 atom stereocenters. The Morgan fingerprint density at radius 3 is 2.66 bits per heavy atom. The molecule has 0 spiro atoms. The minimum atomic E-state index is -3.00. The molecule has 162 valence electrons. The summed E-state index contributed by atoms with van der Waals surface area (Å²) in [6.45, 7) is 1.03. The molecule has 1 aliphatic heterocycles. The molecular weight excluding hydrogens is 510 g/mol. The van der Waals surface area contributed by atoms with E-state index in [2.05, 4.69) is 20.9 Å². The lowest BCUT2D eigenvalue weighted by molar-refractivity contribution is -0.121. The summed E-state index contributed by atoms with van der Waals surface area (Å²) < 4.78 is 36.4. The van der Waals surface area contributed by atoms with Crippen LogP contribution in [0.3, 0.4) is 0 Å². The van der Waals surface area contributed by atoms with Gasteiger partial charge in [-0.05, 0) is 37.0 Å². The van der Waals surface area contributed by atoms with Gasteiger partial charge < -0.3 is 16.0 Å². The highest BCUT2D eigenvalue weighted by Crippen LogP contribution is 2.47. The van der Waals surface area contributed by atoms with Crippen LogP contribution in [0.4, 0.5) is 4.39 Å². The Kier molecular flexibility index (Phi) is 8.27. The van der Waals surface area contributed by atoms with E-state index in [1.165, 1.54) is 6.07 Å². The lowest BCUT2D eigenvalue weighted by atomic mass is 9.96. The summed E-state index contributed by atoms with van der Waals surface area (Å²) >= 11 is 0. The number of sulfone groups is 1. The van der Waals surface area contributed by atoms with Gasteiger partial charge in [0, 0.05) is 38.0 Å². The van der Waals surface area contributed by atoms with E-state index in [4.69, 9.17) is 0 Å². The first kappa shape index (κ1) is 23.8. The molecule has 1 aromatic rings. The van der Waals surface area contributed by atoms with Gasteiger partial charge in [0.15, 0.2) is 15.8 Å². The molecule has 0 radical (unpaired) electrons. The molecule has 0 aromatic heterocycles. The smallest absolute Gasteiger partial charge is 0.222 e. The third kappa shape index (κ3) is 6.80. The minimum absolute atomic E-state index is 0. The molecule has 1 aliphatic carbocycles. The first-order valence-electron chi connectivity index (χ1n) is 9.52. The Morgan fingerprint density at radius 1 is 1.31 bits per heavy atom. The van der Waals surface area contributed by atoms with E-state index >= 15 is 0 Å². The number of carbonyl (C=O) groups is 1. The van der Waals surface area contributed by atoms with Crippen molar-refractivity contribution in [3.05, 3.63) is 35.6 Å². The highest BCUT2D eigenvalue weighted by Gasteiger charge is 2.44. The molecule has 1 aromatic carbocycles. The molecule has 2 fully saturated rings. The summed E-state index contributed by atoms with van der Waals surface area (Å²) in [4.78, 5) is 16.1. The summed E-state index contributed by atoms with van der Waals surface area (Å²) in [5.41, 5.74) is 0.923. The second kappa shape index (κ2) is 10.1. The number of halogens is 2. The quantitative estimate of drug-likeness (QED) is 0.277. The normalized spacial score (nSPS) is 21.7. The molecule has 29 heavy (non-hydrogen) atoms. The second-order valence-corrected chi connectivity index (χ2v) is 9.79. The highest BCUT2D eigenvalue weighted by atomic mass is 127. The van der Waals surface area contributed by atoms with E-state index in [-0.39, 0.29) is 65.1 Å². The fourth-order valence-corrected chi connectivity index (χ4v) is 5.19. The van der Waals surface area contributed by atoms with Gasteiger partial charge in [-0.25, -0.2) is 12.8 Å². The summed E-state index contributed by atoms with van der Waals surface area (Å²) in [7, 11) is -1.35. The van der Waals surface area contributed by atoms with Crippen molar-refractivity contribution in [1.29, 1.82) is 0 Å². The molecule has 1 unspecified atom stereocenters. The maximum Gasteiger partial charge on any atom is 0.222 e. The summed E-state index contributed by atoms with van der Waals surface area (Å²) in [6.07, 6.45) is 2.69. The average Bonchev–Trinajstić information content (AvgIpc) is 3.36. The zero-order valence-corrected chi connectivity index (χ0v) is 19.6. The van der Waals surface area contributed by atoms with Gasteiger partial charge >= 0.3 is 0 Å². The van der Waals surface area contributed by atoms with Crippen LogP contribution < -0.4 is 16.0 Å². The first-order valence-corrected chi connectivity index (χ1v) is 11.3. The number of aliphatic imine (C=N–C) groups is 1. The minimum Gasteiger partial charge on any atom is -0.356 e. The van der Waals surface area contributed by atoms with Gasteiger partial charge in [-0.2, -0.15) is 0 Å². The van der Waals surface area contributed by atoms with E-state index in [0.29, 0.717) is 25.5 Å². The Hall–Kier alpha value is -1.43.